The minimum Gasteiger partial charge on any atom is -0.313 e. The van der Waals surface area contributed by atoms with Gasteiger partial charge in [-0.3, -0.25) is 0 Å². The molecule has 0 aliphatic heterocycles. The summed E-state index contributed by atoms with van der Waals surface area (Å²) in [5, 5.41) is 7.10. The van der Waals surface area contributed by atoms with Crippen LogP contribution < -0.4 is 0 Å². The Labute approximate surface area is 63.3 Å². The van der Waals surface area contributed by atoms with Crippen molar-refractivity contribution in [2.45, 2.75) is 39.5 Å². The summed E-state index contributed by atoms with van der Waals surface area (Å²) in [5.41, 5.74) is 0.555. The van der Waals surface area contributed by atoms with Gasteiger partial charge in [-0.05, 0) is 43.2 Å². The maximum atomic E-state index is 7.10. The number of rotatable bonds is 1. The van der Waals surface area contributed by atoms with Crippen LogP contribution in [0.3, 0.4) is 0 Å². The molecule has 0 atom stereocenters. The molecule has 58 valence electrons. The summed E-state index contributed by atoms with van der Waals surface area (Å²) in [6, 6.07) is 0. The zero-order valence-electron chi connectivity index (χ0n) is 6.98. The summed E-state index contributed by atoms with van der Waals surface area (Å²) in [6.07, 6.45) is 6.68. The van der Waals surface area contributed by atoms with Gasteiger partial charge in [0.1, 0.15) is 0 Å². The lowest BCUT2D eigenvalue weighted by atomic mass is 9.73. The fourth-order valence-corrected chi connectivity index (χ4v) is 1.59. The Morgan fingerprint density at radius 2 is 1.80 bits per heavy atom. The molecule has 0 saturated heterocycles. The first-order valence-electron chi connectivity index (χ1n) is 4.15. The van der Waals surface area contributed by atoms with Crippen LogP contribution in [0.1, 0.15) is 39.5 Å². The highest BCUT2D eigenvalue weighted by Gasteiger charge is 2.25. The van der Waals surface area contributed by atoms with Crippen molar-refractivity contribution in [2.75, 3.05) is 0 Å². The summed E-state index contributed by atoms with van der Waals surface area (Å²) < 4.78 is 0. The Bertz CT molecular complexity index is 117. The van der Waals surface area contributed by atoms with E-state index in [9.17, 15) is 0 Å². The third-order valence-corrected chi connectivity index (χ3v) is 2.62. The molecule has 0 heterocycles. The van der Waals surface area contributed by atoms with Crippen LogP contribution in [-0.2, 0) is 0 Å². The molecule has 0 bridgehead atoms. The van der Waals surface area contributed by atoms with Crippen LogP contribution in [0.15, 0.2) is 0 Å². The van der Waals surface area contributed by atoms with Crippen LogP contribution in [0.2, 0.25) is 0 Å². The van der Waals surface area contributed by atoms with Crippen molar-refractivity contribution in [3.63, 3.8) is 0 Å². The van der Waals surface area contributed by atoms with E-state index in [0.717, 1.165) is 0 Å². The summed E-state index contributed by atoms with van der Waals surface area (Å²) in [4.78, 5) is 0. The predicted octanol–water partition coefficient (Wildman–Crippen LogP) is 2.85. The van der Waals surface area contributed by atoms with Gasteiger partial charge < -0.3 is 5.41 Å². The van der Waals surface area contributed by atoms with E-state index >= 15 is 0 Å². The fourth-order valence-electron chi connectivity index (χ4n) is 1.59. The second-order valence-corrected chi connectivity index (χ2v) is 4.17. The molecule has 1 aliphatic rings. The molecular formula is C9H17N. The van der Waals surface area contributed by atoms with Crippen molar-refractivity contribution < 1.29 is 0 Å². The highest BCUT2D eigenvalue weighted by molar-refractivity contribution is 5.56. The fraction of sp³-hybridized carbons (Fsp3) is 0.889. The second kappa shape index (κ2) is 2.73. The molecule has 0 aromatic rings. The molecule has 1 rings (SSSR count). The molecule has 1 fully saturated rings. The van der Waals surface area contributed by atoms with Crippen molar-refractivity contribution in [3.05, 3.63) is 0 Å². The topological polar surface area (TPSA) is 23.9 Å². The quantitative estimate of drug-likeness (QED) is 0.540. The summed E-state index contributed by atoms with van der Waals surface area (Å²) >= 11 is 0. The smallest absolute Gasteiger partial charge is 0.00167 e. The third kappa shape index (κ3) is 1.83. The minimum absolute atomic E-state index is 0.555. The molecule has 0 spiro atoms. The standard InChI is InChI=1S/C9H17N/c1-9(2)5-3-8(7-10)4-6-9/h7-8,10H,3-6H2,1-2H3. The van der Waals surface area contributed by atoms with E-state index in [1.165, 1.54) is 25.7 Å². The molecule has 1 heteroatoms. The van der Waals surface area contributed by atoms with Crippen LogP contribution in [-0.4, -0.2) is 6.21 Å². The Morgan fingerprint density at radius 3 is 2.20 bits per heavy atom. The van der Waals surface area contributed by atoms with Gasteiger partial charge in [-0.25, -0.2) is 0 Å². The Hall–Kier alpha value is -0.330. The van der Waals surface area contributed by atoms with E-state index in [-0.39, 0.29) is 0 Å². The van der Waals surface area contributed by atoms with Crippen LogP contribution >= 0.6 is 0 Å². The first-order valence-corrected chi connectivity index (χ1v) is 4.15. The minimum atomic E-state index is 0.555. The van der Waals surface area contributed by atoms with Crippen LogP contribution in [0, 0.1) is 16.7 Å². The highest BCUT2D eigenvalue weighted by atomic mass is 14.4. The van der Waals surface area contributed by atoms with Gasteiger partial charge in [0.15, 0.2) is 0 Å². The van der Waals surface area contributed by atoms with Crippen molar-refractivity contribution >= 4 is 6.21 Å². The van der Waals surface area contributed by atoms with Crippen molar-refractivity contribution in [3.8, 4) is 0 Å². The zero-order chi connectivity index (χ0) is 7.61. The molecular weight excluding hydrogens is 122 g/mol. The van der Waals surface area contributed by atoms with Gasteiger partial charge in [0, 0.05) is 0 Å². The van der Waals surface area contributed by atoms with Crippen molar-refractivity contribution in [1.82, 2.24) is 0 Å². The SMILES string of the molecule is CC1(C)CCC(C=N)CC1. The molecule has 0 amide bonds. The molecule has 1 N–H and O–H groups in total. The number of hydrogen-bond donors (Lipinski definition) is 1. The summed E-state index contributed by atoms with van der Waals surface area (Å²) in [7, 11) is 0. The van der Waals surface area contributed by atoms with Gasteiger partial charge in [-0.2, -0.15) is 0 Å². The Balaban J connectivity index is 2.38. The molecule has 1 nitrogen and oxygen atoms in total. The summed E-state index contributed by atoms with van der Waals surface area (Å²) in [6.45, 7) is 4.65. The molecule has 0 aromatic heterocycles. The Morgan fingerprint density at radius 1 is 1.30 bits per heavy atom. The van der Waals surface area contributed by atoms with Crippen LogP contribution in [0.25, 0.3) is 0 Å². The van der Waals surface area contributed by atoms with E-state index in [4.69, 9.17) is 5.41 Å². The normalized spacial score (nSPS) is 26.2. The van der Waals surface area contributed by atoms with E-state index in [0.29, 0.717) is 11.3 Å². The maximum absolute atomic E-state index is 7.10. The van der Waals surface area contributed by atoms with Gasteiger partial charge in [-0.1, -0.05) is 13.8 Å². The average Bonchev–Trinajstić information content (AvgIpc) is 1.88. The molecule has 1 saturated carbocycles. The maximum Gasteiger partial charge on any atom is -0.00167 e. The molecule has 1 aliphatic carbocycles. The van der Waals surface area contributed by atoms with Gasteiger partial charge in [-0.15, -0.1) is 0 Å². The second-order valence-electron chi connectivity index (χ2n) is 4.17. The van der Waals surface area contributed by atoms with Crippen molar-refractivity contribution in [1.29, 1.82) is 5.41 Å². The first kappa shape index (κ1) is 7.77. The summed E-state index contributed by atoms with van der Waals surface area (Å²) in [5.74, 6) is 0.591. The van der Waals surface area contributed by atoms with Gasteiger partial charge in [0.2, 0.25) is 0 Å². The van der Waals surface area contributed by atoms with Gasteiger partial charge in [0.25, 0.3) is 0 Å². The largest absolute Gasteiger partial charge is 0.313 e. The predicted molar refractivity (Wildman–Crippen MR) is 44.5 cm³/mol. The number of hydrogen-bond acceptors (Lipinski definition) is 1. The molecule has 0 radical (unpaired) electrons. The van der Waals surface area contributed by atoms with E-state index < -0.39 is 0 Å². The highest BCUT2D eigenvalue weighted by Crippen LogP contribution is 2.36. The lowest BCUT2D eigenvalue weighted by molar-refractivity contribution is 0.223. The van der Waals surface area contributed by atoms with E-state index in [1.807, 2.05) is 0 Å². The number of nitrogens with one attached hydrogen (secondary N) is 1. The van der Waals surface area contributed by atoms with Gasteiger partial charge in [0.05, 0.1) is 0 Å². The lowest BCUT2D eigenvalue weighted by Gasteiger charge is -2.32. The third-order valence-electron chi connectivity index (χ3n) is 2.62. The van der Waals surface area contributed by atoms with Crippen LogP contribution in [0.5, 0.6) is 0 Å². The van der Waals surface area contributed by atoms with E-state index in [1.54, 1.807) is 6.21 Å². The van der Waals surface area contributed by atoms with Gasteiger partial charge >= 0.3 is 0 Å². The molecule has 0 unspecified atom stereocenters. The monoisotopic (exact) mass is 139 g/mol. The van der Waals surface area contributed by atoms with E-state index in [2.05, 4.69) is 13.8 Å². The molecule has 10 heavy (non-hydrogen) atoms. The first-order chi connectivity index (χ1) is 4.64. The zero-order valence-corrected chi connectivity index (χ0v) is 6.98. The lowest BCUT2D eigenvalue weighted by Crippen LogP contribution is -2.21. The average molecular weight is 139 g/mol. The van der Waals surface area contributed by atoms with Crippen molar-refractivity contribution in [2.24, 2.45) is 11.3 Å². The van der Waals surface area contributed by atoms with Crippen LogP contribution in [0.4, 0.5) is 0 Å². The Kier molecular flexibility index (Phi) is 2.12. The molecule has 0 aromatic carbocycles.